The van der Waals surface area contributed by atoms with Crippen LogP contribution in [0.3, 0.4) is 0 Å². The molecule has 0 aliphatic heterocycles. The van der Waals surface area contributed by atoms with Crippen LogP contribution in [0.2, 0.25) is 0 Å². The molecule has 0 aromatic carbocycles. The lowest BCUT2D eigenvalue weighted by Gasteiger charge is -2.02. The molecule has 0 saturated heterocycles. The Morgan fingerprint density at radius 2 is 0.861 bits per heavy atom. The Hall–Kier alpha value is -1.68. The highest BCUT2D eigenvalue weighted by Gasteiger charge is 1.88. The first kappa shape index (κ1) is 38.8. The summed E-state index contributed by atoms with van der Waals surface area (Å²) in [5, 5.41) is 19.6. The molecule has 210 valence electrons. The molecule has 0 radical (unpaired) electrons. The summed E-state index contributed by atoms with van der Waals surface area (Å²) < 4.78 is 0. The van der Waals surface area contributed by atoms with E-state index in [2.05, 4.69) is 82.7 Å². The Labute approximate surface area is 224 Å². The highest BCUT2D eigenvalue weighted by atomic mass is 14.9. The molecule has 0 aromatic heterocycles. The molecule has 6 heteroatoms. The van der Waals surface area contributed by atoms with Crippen molar-refractivity contribution in [3.05, 3.63) is 55.2 Å². The van der Waals surface area contributed by atoms with E-state index in [4.69, 9.17) is 0 Å². The van der Waals surface area contributed by atoms with Gasteiger partial charge in [-0.15, -0.1) is 17.2 Å². The van der Waals surface area contributed by atoms with Crippen LogP contribution in [0.5, 0.6) is 0 Å². The predicted molar refractivity (Wildman–Crippen MR) is 163 cm³/mol. The lowest BCUT2D eigenvalue weighted by molar-refractivity contribution is 0.594. The van der Waals surface area contributed by atoms with Gasteiger partial charge in [-0.2, -0.15) is 0 Å². The fraction of sp³-hybridized carbons (Fsp3) is 0.700. The third kappa shape index (κ3) is 49.5. The van der Waals surface area contributed by atoms with Gasteiger partial charge in [0.1, 0.15) is 0 Å². The van der Waals surface area contributed by atoms with Crippen LogP contribution in [0.1, 0.15) is 58.8 Å². The smallest absolute Gasteiger partial charge is 0.0209 e. The third-order valence-electron chi connectivity index (χ3n) is 4.79. The molecular weight excluding hydrogens is 444 g/mol. The lowest BCUT2D eigenvalue weighted by atomic mass is 10.3. The minimum Gasteiger partial charge on any atom is -0.320 e. The predicted octanol–water partition coefficient (Wildman–Crippen LogP) is 3.92. The quantitative estimate of drug-likeness (QED) is 0.0884. The number of hydrogen-bond donors (Lipinski definition) is 6. The van der Waals surface area contributed by atoms with Gasteiger partial charge in [-0.25, -0.2) is 0 Å². The second-order valence-electron chi connectivity index (χ2n) is 8.17. The molecule has 6 N–H and O–H groups in total. The largest absolute Gasteiger partial charge is 0.320 e. The standard InChI is InChI=1S/C11H22N2.C10H20N2.C9H18N2/c1-3-5-9-13-11-7-6-10-12-8-4-2;1-3-5-8-12-10-7-6-9-11-4-2;1-3-4-8-11-9-6-5-7-10-2/h5,12-13H,1,4,6-11H2,2H3;5,11-12H,1,4,6-10H2,2H3;4,10-11H,1,5-9H2,2H3. The van der Waals surface area contributed by atoms with Gasteiger partial charge in [0, 0.05) is 19.6 Å². The van der Waals surface area contributed by atoms with Crippen molar-refractivity contribution in [2.75, 3.05) is 79.0 Å². The van der Waals surface area contributed by atoms with Gasteiger partial charge in [-0.3, -0.25) is 0 Å². The maximum absolute atomic E-state index is 3.50. The van der Waals surface area contributed by atoms with Crippen LogP contribution < -0.4 is 31.9 Å². The molecular formula is C30H60N6. The molecule has 0 aliphatic rings. The van der Waals surface area contributed by atoms with Crippen molar-refractivity contribution in [3.63, 3.8) is 0 Å². The first-order valence-corrected chi connectivity index (χ1v) is 14.0. The summed E-state index contributed by atoms with van der Waals surface area (Å²) in [7, 11) is 1.98. The molecule has 0 heterocycles. The highest BCUT2D eigenvalue weighted by molar-refractivity contribution is 4.79. The topological polar surface area (TPSA) is 72.2 Å². The van der Waals surface area contributed by atoms with E-state index in [1.165, 1.54) is 44.9 Å². The summed E-state index contributed by atoms with van der Waals surface area (Å²) in [6.07, 6.45) is 14.4. The van der Waals surface area contributed by atoms with Crippen LogP contribution in [0.15, 0.2) is 55.2 Å². The van der Waals surface area contributed by atoms with E-state index in [0.29, 0.717) is 0 Å². The van der Waals surface area contributed by atoms with Crippen LogP contribution in [-0.2, 0) is 0 Å². The van der Waals surface area contributed by atoms with Crippen LogP contribution in [-0.4, -0.2) is 79.0 Å². The van der Waals surface area contributed by atoms with E-state index in [9.17, 15) is 0 Å². The number of nitrogens with one attached hydrogen (secondary N) is 6. The zero-order chi connectivity index (χ0) is 27.2. The number of unbranched alkanes of at least 4 members (excludes halogenated alkanes) is 3. The van der Waals surface area contributed by atoms with Crippen molar-refractivity contribution in [2.45, 2.75) is 58.8 Å². The fourth-order valence-corrected chi connectivity index (χ4v) is 2.77. The van der Waals surface area contributed by atoms with Crippen LogP contribution >= 0.6 is 0 Å². The van der Waals surface area contributed by atoms with E-state index in [0.717, 1.165) is 72.0 Å². The first-order chi connectivity index (χ1) is 17.7. The summed E-state index contributed by atoms with van der Waals surface area (Å²) in [5.41, 5.74) is 8.19. The van der Waals surface area contributed by atoms with Gasteiger partial charge in [0.15, 0.2) is 0 Å². The molecule has 0 spiro atoms. The average Bonchev–Trinajstić information content (AvgIpc) is 2.90. The van der Waals surface area contributed by atoms with Crippen LogP contribution in [0.4, 0.5) is 0 Å². The van der Waals surface area contributed by atoms with Gasteiger partial charge >= 0.3 is 0 Å². The lowest BCUT2D eigenvalue weighted by Crippen LogP contribution is -2.19. The molecule has 0 amide bonds. The minimum absolute atomic E-state index is 0.892. The summed E-state index contributed by atoms with van der Waals surface area (Å²) in [5.74, 6) is 0. The number of hydrogen-bond acceptors (Lipinski definition) is 6. The van der Waals surface area contributed by atoms with Crippen molar-refractivity contribution in [3.8, 4) is 0 Å². The zero-order valence-electron chi connectivity index (χ0n) is 24.1. The van der Waals surface area contributed by atoms with E-state index < -0.39 is 0 Å². The first-order valence-electron chi connectivity index (χ1n) is 14.0. The Morgan fingerprint density at radius 1 is 0.500 bits per heavy atom. The van der Waals surface area contributed by atoms with Crippen molar-refractivity contribution in [2.24, 2.45) is 0 Å². The summed E-state index contributed by atoms with van der Waals surface area (Å²) in [6, 6.07) is 0. The molecule has 36 heavy (non-hydrogen) atoms. The molecule has 0 fully saturated rings. The van der Waals surface area contributed by atoms with Gasteiger partial charge in [-0.05, 0) is 123 Å². The van der Waals surface area contributed by atoms with E-state index >= 15 is 0 Å². The number of rotatable bonds is 24. The van der Waals surface area contributed by atoms with Crippen molar-refractivity contribution >= 4 is 0 Å². The molecule has 6 nitrogen and oxygen atoms in total. The monoisotopic (exact) mass is 504 g/mol. The normalized spacial score (nSPS) is 9.42. The van der Waals surface area contributed by atoms with Crippen molar-refractivity contribution in [1.82, 2.24) is 31.9 Å². The second-order valence-corrected chi connectivity index (χ2v) is 8.17. The van der Waals surface area contributed by atoms with Gasteiger partial charge in [0.05, 0.1) is 0 Å². The Morgan fingerprint density at radius 3 is 1.19 bits per heavy atom. The summed E-state index contributed by atoms with van der Waals surface area (Å²) in [4.78, 5) is 0. The molecule has 0 unspecified atom stereocenters. The van der Waals surface area contributed by atoms with Gasteiger partial charge in [-0.1, -0.05) is 33.6 Å². The Kier molecular flexibility index (Phi) is 46.8. The van der Waals surface area contributed by atoms with Crippen LogP contribution in [0.25, 0.3) is 0 Å². The SMILES string of the molecule is C=C=CCNCCCCNC.C=C=CCNCCCCNCC.C=C=CCNCCCCNCCC. The average molecular weight is 505 g/mol. The van der Waals surface area contributed by atoms with Gasteiger partial charge in [0.2, 0.25) is 0 Å². The second kappa shape index (κ2) is 43.4. The molecule has 0 aliphatic carbocycles. The van der Waals surface area contributed by atoms with E-state index in [1.54, 1.807) is 0 Å². The van der Waals surface area contributed by atoms with E-state index in [1.807, 2.05) is 25.3 Å². The molecule has 0 atom stereocenters. The Balaban J connectivity index is -0.000000455. The van der Waals surface area contributed by atoms with Crippen molar-refractivity contribution in [1.29, 1.82) is 0 Å². The maximum Gasteiger partial charge on any atom is 0.0209 e. The molecule has 0 bridgehead atoms. The van der Waals surface area contributed by atoms with Gasteiger partial charge < -0.3 is 31.9 Å². The molecule has 0 rings (SSSR count). The summed E-state index contributed by atoms with van der Waals surface area (Å²) in [6.45, 7) is 26.3. The van der Waals surface area contributed by atoms with Crippen LogP contribution in [0, 0.1) is 0 Å². The van der Waals surface area contributed by atoms with Crippen molar-refractivity contribution < 1.29 is 0 Å². The molecule has 0 saturated carbocycles. The fourth-order valence-electron chi connectivity index (χ4n) is 2.77. The zero-order valence-corrected chi connectivity index (χ0v) is 24.1. The highest BCUT2D eigenvalue weighted by Crippen LogP contribution is 1.85. The summed E-state index contributed by atoms with van der Waals surface area (Å²) >= 11 is 0. The van der Waals surface area contributed by atoms with E-state index in [-0.39, 0.29) is 0 Å². The van der Waals surface area contributed by atoms with Gasteiger partial charge in [0.25, 0.3) is 0 Å². The maximum atomic E-state index is 3.50. The Bertz CT molecular complexity index is 530. The third-order valence-corrected chi connectivity index (χ3v) is 4.79. The molecule has 0 aromatic rings. The minimum atomic E-state index is 0.892.